The summed E-state index contributed by atoms with van der Waals surface area (Å²) in [6, 6.07) is 14.9. The first kappa shape index (κ1) is 18.7. The summed E-state index contributed by atoms with van der Waals surface area (Å²) in [7, 11) is 0. The van der Waals surface area contributed by atoms with Gasteiger partial charge >= 0.3 is 6.61 Å². The Labute approximate surface area is 165 Å². The SMILES string of the molecule is O=C(Nc1ccc(OC(F)F)cc1)[C@H]1CS[C@@]2(c3ccccc3)CCC(=O)N12. The Morgan fingerprint density at radius 2 is 1.89 bits per heavy atom. The van der Waals surface area contributed by atoms with Gasteiger partial charge in [0.25, 0.3) is 0 Å². The summed E-state index contributed by atoms with van der Waals surface area (Å²) in [4.78, 5) is 26.7. The summed E-state index contributed by atoms with van der Waals surface area (Å²) < 4.78 is 28.8. The van der Waals surface area contributed by atoms with Crippen molar-refractivity contribution in [3.05, 3.63) is 60.2 Å². The predicted octanol–water partition coefficient (Wildman–Crippen LogP) is 3.82. The summed E-state index contributed by atoms with van der Waals surface area (Å²) in [6.07, 6.45) is 1.08. The number of thioether (sulfide) groups is 1. The molecule has 146 valence electrons. The number of nitrogens with zero attached hydrogens (tertiary/aromatic N) is 1. The molecule has 2 aromatic rings. The minimum absolute atomic E-state index is 0.0160. The normalized spacial score (nSPS) is 23.8. The Balaban J connectivity index is 1.52. The third-order valence-corrected chi connectivity index (χ3v) is 6.60. The van der Waals surface area contributed by atoms with Crippen LogP contribution in [0.3, 0.4) is 0 Å². The third-order valence-electron chi connectivity index (χ3n) is 5.00. The van der Waals surface area contributed by atoms with Gasteiger partial charge in [-0.25, -0.2) is 0 Å². The number of hydrogen-bond acceptors (Lipinski definition) is 4. The van der Waals surface area contributed by atoms with E-state index in [0.29, 0.717) is 24.3 Å². The van der Waals surface area contributed by atoms with E-state index in [0.717, 1.165) is 5.56 Å². The highest BCUT2D eigenvalue weighted by Crippen LogP contribution is 2.54. The largest absolute Gasteiger partial charge is 0.435 e. The molecule has 1 N–H and O–H groups in total. The molecule has 2 atom stereocenters. The van der Waals surface area contributed by atoms with Crippen LogP contribution in [0.1, 0.15) is 18.4 Å². The number of hydrogen-bond donors (Lipinski definition) is 1. The molecule has 2 saturated heterocycles. The van der Waals surface area contributed by atoms with Gasteiger partial charge in [-0.15, -0.1) is 11.8 Å². The number of rotatable bonds is 5. The highest BCUT2D eigenvalue weighted by atomic mass is 32.2. The van der Waals surface area contributed by atoms with E-state index >= 15 is 0 Å². The molecule has 0 bridgehead atoms. The summed E-state index contributed by atoms with van der Waals surface area (Å²) in [6.45, 7) is -2.90. The zero-order valence-corrected chi connectivity index (χ0v) is 15.6. The monoisotopic (exact) mass is 404 g/mol. The summed E-state index contributed by atoms with van der Waals surface area (Å²) in [5, 5.41) is 2.78. The molecule has 0 radical (unpaired) electrons. The Bertz CT molecular complexity index is 879. The molecule has 0 aromatic heterocycles. The van der Waals surface area contributed by atoms with Gasteiger partial charge in [-0.1, -0.05) is 30.3 Å². The van der Waals surface area contributed by atoms with Crippen LogP contribution in [-0.2, 0) is 14.5 Å². The summed E-state index contributed by atoms with van der Waals surface area (Å²) in [5.41, 5.74) is 1.48. The van der Waals surface area contributed by atoms with Crippen molar-refractivity contribution in [2.75, 3.05) is 11.1 Å². The molecule has 2 aromatic carbocycles. The Kier molecular flexibility index (Phi) is 4.97. The maximum Gasteiger partial charge on any atom is 0.387 e. The second-order valence-corrected chi connectivity index (χ2v) is 7.93. The molecule has 8 heteroatoms. The van der Waals surface area contributed by atoms with Crippen LogP contribution in [-0.4, -0.2) is 35.1 Å². The van der Waals surface area contributed by atoms with Gasteiger partial charge in [-0.3, -0.25) is 9.59 Å². The molecule has 2 fully saturated rings. The van der Waals surface area contributed by atoms with Gasteiger partial charge < -0.3 is 15.0 Å². The zero-order valence-electron chi connectivity index (χ0n) is 14.8. The number of carbonyl (C=O) groups excluding carboxylic acids is 2. The summed E-state index contributed by atoms with van der Waals surface area (Å²) in [5.74, 6) is 0.194. The second kappa shape index (κ2) is 7.43. The lowest BCUT2D eigenvalue weighted by molar-refractivity contribution is -0.136. The molecule has 5 nitrogen and oxygen atoms in total. The lowest BCUT2D eigenvalue weighted by Crippen LogP contribution is -2.48. The number of nitrogens with one attached hydrogen (secondary N) is 1. The van der Waals surface area contributed by atoms with E-state index in [1.165, 1.54) is 24.3 Å². The quantitative estimate of drug-likeness (QED) is 0.823. The van der Waals surface area contributed by atoms with Crippen molar-refractivity contribution in [3.8, 4) is 5.75 Å². The van der Waals surface area contributed by atoms with Gasteiger partial charge in [0.15, 0.2) is 0 Å². The number of anilines is 1. The van der Waals surface area contributed by atoms with E-state index in [1.807, 2.05) is 30.3 Å². The van der Waals surface area contributed by atoms with Crippen molar-refractivity contribution in [3.63, 3.8) is 0 Å². The van der Waals surface area contributed by atoms with Crippen molar-refractivity contribution in [2.24, 2.45) is 0 Å². The molecule has 2 aliphatic rings. The van der Waals surface area contributed by atoms with Gasteiger partial charge in [0.2, 0.25) is 11.8 Å². The smallest absolute Gasteiger partial charge is 0.387 e. The van der Waals surface area contributed by atoms with Gasteiger partial charge in [0, 0.05) is 17.9 Å². The van der Waals surface area contributed by atoms with Gasteiger partial charge in [-0.05, 0) is 36.2 Å². The fraction of sp³-hybridized carbons (Fsp3) is 0.300. The van der Waals surface area contributed by atoms with Gasteiger partial charge in [0.1, 0.15) is 16.7 Å². The molecule has 2 heterocycles. The van der Waals surface area contributed by atoms with Gasteiger partial charge in [0.05, 0.1) is 0 Å². The number of fused-ring (bicyclic) bond motifs is 1. The maximum absolute atomic E-state index is 12.9. The standard InChI is InChI=1S/C20H18F2N2O3S/c21-19(22)27-15-8-6-14(7-9-15)23-18(26)16-12-28-20(11-10-17(25)24(16)20)13-4-2-1-3-5-13/h1-9,16,19H,10-12H2,(H,23,26)/t16-,20-/m1/s1. The minimum atomic E-state index is -2.90. The fourth-order valence-electron chi connectivity index (χ4n) is 3.78. The van der Waals surface area contributed by atoms with Crippen molar-refractivity contribution < 1.29 is 23.1 Å². The number of benzene rings is 2. The summed E-state index contributed by atoms with van der Waals surface area (Å²) >= 11 is 1.61. The molecular formula is C20H18F2N2O3S. The minimum Gasteiger partial charge on any atom is -0.435 e. The number of alkyl halides is 2. The molecule has 0 unspecified atom stereocenters. The zero-order chi connectivity index (χ0) is 19.7. The molecule has 0 spiro atoms. The van der Waals surface area contributed by atoms with Crippen molar-refractivity contribution >= 4 is 29.3 Å². The molecule has 28 heavy (non-hydrogen) atoms. The highest BCUT2D eigenvalue weighted by molar-refractivity contribution is 8.00. The third kappa shape index (κ3) is 3.32. The molecule has 0 saturated carbocycles. The average molecular weight is 404 g/mol. The average Bonchev–Trinajstić information content (AvgIpc) is 3.23. The van der Waals surface area contributed by atoms with E-state index in [-0.39, 0.29) is 17.6 Å². The fourth-order valence-corrected chi connectivity index (χ4v) is 5.43. The number of carbonyl (C=O) groups is 2. The van der Waals surface area contributed by atoms with Crippen LogP contribution >= 0.6 is 11.8 Å². The van der Waals surface area contributed by atoms with Crippen LogP contribution in [0.5, 0.6) is 5.75 Å². The highest BCUT2D eigenvalue weighted by Gasteiger charge is 2.56. The van der Waals surface area contributed by atoms with E-state index in [1.54, 1.807) is 16.7 Å². The first-order valence-electron chi connectivity index (χ1n) is 8.87. The molecule has 2 amide bonds. The second-order valence-electron chi connectivity index (χ2n) is 6.63. The topological polar surface area (TPSA) is 58.6 Å². The van der Waals surface area contributed by atoms with Crippen molar-refractivity contribution in [2.45, 2.75) is 30.4 Å². The number of halogens is 2. The van der Waals surface area contributed by atoms with Crippen molar-refractivity contribution in [1.29, 1.82) is 0 Å². The van der Waals surface area contributed by atoms with E-state index in [4.69, 9.17) is 0 Å². The Morgan fingerprint density at radius 1 is 1.18 bits per heavy atom. The molecule has 2 aliphatic heterocycles. The Hall–Kier alpha value is -2.61. The van der Waals surface area contributed by atoms with Crippen LogP contribution in [0.2, 0.25) is 0 Å². The van der Waals surface area contributed by atoms with Crippen LogP contribution < -0.4 is 10.1 Å². The van der Waals surface area contributed by atoms with Crippen LogP contribution in [0.4, 0.5) is 14.5 Å². The molecular weight excluding hydrogens is 386 g/mol. The van der Waals surface area contributed by atoms with E-state index in [2.05, 4.69) is 10.1 Å². The first-order chi connectivity index (χ1) is 13.5. The Morgan fingerprint density at radius 3 is 2.57 bits per heavy atom. The van der Waals surface area contributed by atoms with Crippen molar-refractivity contribution in [1.82, 2.24) is 4.90 Å². The van der Waals surface area contributed by atoms with E-state index < -0.39 is 17.5 Å². The van der Waals surface area contributed by atoms with E-state index in [9.17, 15) is 18.4 Å². The number of ether oxygens (including phenoxy) is 1. The molecule has 4 rings (SSSR count). The predicted molar refractivity (Wildman–Crippen MR) is 102 cm³/mol. The maximum atomic E-state index is 12.9. The van der Waals surface area contributed by atoms with Crippen LogP contribution in [0, 0.1) is 0 Å². The first-order valence-corrected chi connectivity index (χ1v) is 9.85. The lowest BCUT2D eigenvalue weighted by atomic mass is 10.0. The van der Waals surface area contributed by atoms with Crippen LogP contribution in [0.25, 0.3) is 0 Å². The lowest BCUT2D eigenvalue weighted by Gasteiger charge is -2.34. The van der Waals surface area contributed by atoms with Crippen LogP contribution in [0.15, 0.2) is 54.6 Å². The molecule has 0 aliphatic carbocycles. The number of amides is 2. The van der Waals surface area contributed by atoms with Gasteiger partial charge in [-0.2, -0.15) is 8.78 Å².